The van der Waals surface area contributed by atoms with Crippen LogP contribution in [0.3, 0.4) is 0 Å². The second-order valence-corrected chi connectivity index (χ2v) is 8.01. The van der Waals surface area contributed by atoms with Gasteiger partial charge in [0.1, 0.15) is 12.1 Å². The number of carbonyl (C=O) groups is 2. The number of sulfonamides is 1. The monoisotopic (exact) mass is 407 g/mol. The highest BCUT2D eigenvalue weighted by molar-refractivity contribution is 9.10. The van der Waals surface area contributed by atoms with E-state index >= 15 is 0 Å². The molecule has 1 aromatic rings. The molecule has 0 fully saturated rings. The lowest BCUT2D eigenvalue weighted by atomic mass is 10.2. The van der Waals surface area contributed by atoms with Crippen molar-refractivity contribution in [1.82, 2.24) is 5.32 Å². The van der Waals surface area contributed by atoms with Crippen molar-refractivity contribution in [2.45, 2.75) is 31.3 Å². The van der Waals surface area contributed by atoms with Gasteiger partial charge in [0.25, 0.3) is 0 Å². The minimum Gasteiger partial charge on any atom is -0.444 e. The Bertz CT molecular complexity index is 713. The van der Waals surface area contributed by atoms with Crippen molar-refractivity contribution in [3.63, 3.8) is 0 Å². The van der Waals surface area contributed by atoms with Crippen molar-refractivity contribution < 1.29 is 22.7 Å². The van der Waals surface area contributed by atoms with Gasteiger partial charge in [0.15, 0.2) is 0 Å². The van der Waals surface area contributed by atoms with E-state index in [0.717, 1.165) is 0 Å². The Kier molecular flexibility index (Phi) is 6.14. The molecule has 23 heavy (non-hydrogen) atoms. The van der Waals surface area contributed by atoms with Crippen LogP contribution in [-0.4, -0.2) is 32.6 Å². The van der Waals surface area contributed by atoms with Crippen LogP contribution in [0, 0.1) is 0 Å². The molecule has 0 aliphatic carbocycles. The van der Waals surface area contributed by atoms with Crippen molar-refractivity contribution in [2.75, 3.05) is 11.9 Å². The number of nitrogens with one attached hydrogen (secondary N) is 2. The van der Waals surface area contributed by atoms with Crippen molar-refractivity contribution in [3.05, 3.63) is 22.7 Å². The summed E-state index contributed by atoms with van der Waals surface area (Å²) in [6.45, 7) is 4.82. The highest BCUT2D eigenvalue weighted by atomic mass is 79.9. The molecule has 128 valence electrons. The van der Waals surface area contributed by atoms with Gasteiger partial charge in [-0.25, -0.2) is 18.4 Å². The Balaban J connectivity index is 2.63. The molecule has 0 saturated heterocycles. The summed E-state index contributed by atoms with van der Waals surface area (Å²) in [6, 6.07) is 3.92. The summed E-state index contributed by atoms with van der Waals surface area (Å²) in [7, 11) is -3.83. The maximum Gasteiger partial charge on any atom is 0.408 e. The zero-order chi connectivity index (χ0) is 17.8. The second kappa shape index (κ2) is 7.28. The van der Waals surface area contributed by atoms with Gasteiger partial charge in [-0.3, -0.25) is 4.79 Å². The van der Waals surface area contributed by atoms with E-state index in [2.05, 4.69) is 26.6 Å². The van der Waals surface area contributed by atoms with Crippen molar-refractivity contribution >= 4 is 43.6 Å². The molecule has 0 atom stereocenters. The Morgan fingerprint density at radius 3 is 2.39 bits per heavy atom. The Morgan fingerprint density at radius 2 is 1.91 bits per heavy atom. The number of rotatable bonds is 4. The molecule has 1 aromatic carbocycles. The maximum atomic E-state index is 11.8. The van der Waals surface area contributed by atoms with Crippen LogP contribution in [0.4, 0.5) is 10.5 Å². The van der Waals surface area contributed by atoms with E-state index in [0.29, 0.717) is 10.2 Å². The number of benzene rings is 1. The largest absolute Gasteiger partial charge is 0.444 e. The first-order valence-corrected chi connectivity index (χ1v) is 8.81. The number of amides is 2. The van der Waals surface area contributed by atoms with Gasteiger partial charge in [0, 0.05) is 4.47 Å². The number of hydrogen-bond donors (Lipinski definition) is 3. The summed E-state index contributed by atoms with van der Waals surface area (Å²) in [4.78, 5) is 23.1. The SMILES string of the molecule is CC(C)(C)OC(=O)NCC(=O)Nc1ccc(S(N)(=O)=O)cc1Br. The third kappa shape index (κ3) is 6.97. The molecule has 0 saturated carbocycles. The molecule has 0 bridgehead atoms. The first kappa shape index (κ1) is 19.4. The molecule has 0 unspecified atom stereocenters. The molecular weight excluding hydrogens is 390 g/mol. The van der Waals surface area contributed by atoms with Crippen LogP contribution in [0.25, 0.3) is 0 Å². The molecule has 1 rings (SSSR count). The lowest BCUT2D eigenvalue weighted by Crippen LogP contribution is -2.37. The predicted octanol–water partition coefficient (Wildman–Crippen LogP) is 1.56. The molecule has 0 aliphatic heterocycles. The molecule has 0 aliphatic rings. The fourth-order valence-corrected chi connectivity index (χ4v) is 2.60. The highest BCUT2D eigenvalue weighted by Crippen LogP contribution is 2.25. The average molecular weight is 408 g/mol. The molecule has 10 heteroatoms. The topological polar surface area (TPSA) is 128 Å². The van der Waals surface area contributed by atoms with Gasteiger partial charge < -0.3 is 15.4 Å². The van der Waals surface area contributed by atoms with Crippen LogP contribution in [0.15, 0.2) is 27.6 Å². The molecule has 0 spiro atoms. The van der Waals surface area contributed by atoms with E-state index in [-0.39, 0.29) is 11.4 Å². The Labute approximate surface area is 142 Å². The van der Waals surface area contributed by atoms with Gasteiger partial charge in [-0.05, 0) is 54.9 Å². The minimum atomic E-state index is -3.83. The predicted molar refractivity (Wildman–Crippen MR) is 88.4 cm³/mol. The zero-order valence-corrected chi connectivity index (χ0v) is 15.2. The van der Waals surface area contributed by atoms with Crippen LogP contribution in [-0.2, 0) is 19.6 Å². The van der Waals surface area contributed by atoms with Crippen molar-refractivity contribution in [3.8, 4) is 0 Å². The van der Waals surface area contributed by atoms with Crippen molar-refractivity contribution in [2.24, 2.45) is 5.14 Å². The van der Waals surface area contributed by atoms with E-state index in [9.17, 15) is 18.0 Å². The summed E-state index contributed by atoms with van der Waals surface area (Å²) in [6.07, 6.45) is -0.712. The fraction of sp³-hybridized carbons (Fsp3) is 0.385. The van der Waals surface area contributed by atoms with Gasteiger partial charge in [-0.15, -0.1) is 0 Å². The lowest BCUT2D eigenvalue weighted by molar-refractivity contribution is -0.115. The van der Waals surface area contributed by atoms with Gasteiger partial charge in [0.2, 0.25) is 15.9 Å². The molecule has 0 heterocycles. The number of ether oxygens (including phenoxy) is 1. The second-order valence-electron chi connectivity index (χ2n) is 5.59. The first-order valence-electron chi connectivity index (χ1n) is 6.47. The molecule has 0 aromatic heterocycles. The lowest BCUT2D eigenvalue weighted by Gasteiger charge is -2.19. The number of carbonyl (C=O) groups excluding carboxylic acids is 2. The summed E-state index contributed by atoms with van der Waals surface area (Å²) in [5, 5.41) is 9.84. The van der Waals surface area contributed by atoms with E-state index in [1.807, 2.05) is 0 Å². The minimum absolute atomic E-state index is 0.0887. The Hall–Kier alpha value is -1.65. The number of anilines is 1. The summed E-state index contributed by atoms with van der Waals surface area (Å²) in [5.41, 5.74) is -0.318. The quantitative estimate of drug-likeness (QED) is 0.697. The van der Waals surface area contributed by atoms with Gasteiger partial charge in [0.05, 0.1) is 10.6 Å². The standard InChI is InChI=1S/C13H18BrN3O5S/c1-13(2,3)22-12(19)16-7-11(18)17-10-5-4-8(6-9(10)14)23(15,20)21/h4-6H,7H2,1-3H3,(H,16,19)(H,17,18)(H2,15,20,21). The summed E-state index contributed by atoms with van der Waals surface area (Å²) >= 11 is 3.14. The third-order valence-electron chi connectivity index (χ3n) is 2.34. The number of alkyl carbamates (subject to hydrolysis) is 1. The number of hydrogen-bond acceptors (Lipinski definition) is 5. The summed E-state index contributed by atoms with van der Waals surface area (Å²) in [5.74, 6) is -0.500. The van der Waals surface area contributed by atoms with Crippen LogP contribution in [0.5, 0.6) is 0 Å². The third-order valence-corrected chi connectivity index (χ3v) is 3.90. The maximum absolute atomic E-state index is 11.8. The summed E-state index contributed by atoms with van der Waals surface area (Å²) < 4.78 is 27.8. The fourth-order valence-electron chi connectivity index (χ4n) is 1.44. The average Bonchev–Trinajstić information content (AvgIpc) is 2.35. The van der Waals surface area contributed by atoms with Crippen LogP contribution >= 0.6 is 15.9 Å². The van der Waals surface area contributed by atoms with Crippen LogP contribution < -0.4 is 15.8 Å². The van der Waals surface area contributed by atoms with E-state index in [1.165, 1.54) is 18.2 Å². The number of halogens is 1. The van der Waals surface area contributed by atoms with Crippen LogP contribution in [0.2, 0.25) is 0 Å². The molecule has 8 nitrogen and oxygen atoms in total. The van der Waals surface area contributed by atoms with E-state index in [1.54, 1.807) is 20.8 Å². The smallest absolute Gasteiger partial charge is 0.408 e. The van der Waals surface area contributed by atoms with E-state index < -0.39 is 27.6 Å². The first-order chi connectivity index (χ1) is 10.4. The van der Waals surface area contributed by atoms with Gasteiger partial charge in [-0.1, -0.05) is 0 Å². The molecule has 2 amide bonds. The Morgan fingerprint density at radius 1 is 1.30 bits per heavy atom. The van der Waals surface area contributed by atoms with Gasteiger partial charge >= 0.3 is 6.09 Å². The highest BCUT2D eigenvalue weighted by Gasteiger charge is 2.17. The van der Waals surface area contributed by atoms with E-state index in [4.69, 9.17) is 9.88 Å². The van der Waals surface area contributed by atoms with Crippen molar-refractivity contribution in [1.29, 1.82) is 0 Å². The zero-order valence-electron chi connectivity index (χ0n) is 12.8. The molecule has 0 radical (unpaired) electrons. The molecular formula is C13H18BrN3O5S. The normalized spacial score (nSPS) is 11.7. The van der Waals surface area contributed by atoms with Gasteiger partial charge in [-0.2, -0.15) is 0 Å². The molecule has 4 N–H and O–H groups in total. The number of primary sulfonamides is 1. The number of nitrogens with two attached hydrogens (primary N) is 1. The van der Waals surface area contributed by atoms with Crippen LogP contribution in [0.1, 0.15) is 20.8 Å².